The lowest BCUT2D eigenvalue weighted by molar-refractivity contribution is -0.887. The molecule has 1 N–H and O–H groups in total. The monoisotopic (exact) mass is 967 g/mol. The second-order valence-electron chi connectivity index (χ2n) is 20.2. The minimum Gasteiger partial charge on any atom is -0.477 e. The number of carbonyl (C=O) groups excluding carboxylic acids is 2. The number of likely N-dealkylation sites (N-methyl/N-ethyl adjacent to an activating group) is 1. The second-order valence-corrected chi connectivity index (χ2v) is 20.2. The first-order chi connectivity index (χ1) is 33.6. The predicted molar refractivity (Wildman–Crippen MR) is 294 cm³/mol. The van der Waals surface area contributed by atoms with Crippen LogP contribution in [-0.4, -0.2) is 80.6 Å². The van der Waals surface area contributed by atoms with Gasteiger partial charge in [0.15, 0.2) is 12.1 Å². The fourth-order valence-corrected chi connectivity index (χ4v) is 8.23. The number of rotatable bonds is 51. The summed E-state index contributed by atoms with van der Waals surface area (Å²) in [6, 6.07) is -0.619. The number of aliphatic carboxylic acids is 1. The van der Waals surface area contributed by atoms with Gasteiger partial charge in [-0.25, -0.2) is 4.79 Å². The Bertz CT molecular complexity index is 1360. The lowest BCUT2D eigenvalue weighted by Crippen LogP contribution is -2.50. The van der Waals surface area contributed by atoms with Crippen LogP contribution in [0.1, 0.15) is 245 Å². The summed E-state index contributed by atoms with van der Waals surface area (Å²) in [5.74, 6) is -1.47. The molecular weight excluding hydrogens is 859 g/mol. The smallest absolute Gasteiger partial charge is 0.362 e. The summed E-state index contributed by atoms with van der Waals surface area (Å²) in [5, 5.41) is 9.68. The van der Waals surface area contributed by atoms with Crippen LogP contribution in [-0.2, 0) is 28.6 Å². The molecule has 8 nitrogen and oxygen atoms in total. The van der Waals surface area contributed by atoms with E-state index in [-0.39, 0.29) is 36.2 Å². The Morgan fingerprint density at radius 3 is 1.20 bits per heavy atom. The van der Waals surface area contributed by atoms with Gasteiger partial charge in [-0.15, -0.1) is 0 Å². The van der Waals surface area contributed by atoms with E-state index < -0.39 is 18.1 Å². The Labute approximate surface area is 425 Å². The number of hydrogen-bond donors (Lipinski definition) is 1. The van der Waals surface area contributed by atoms with Crippen LogP contribution >= 0.6 is 0 Å². The fraction of sp³-hybridized carbons (Fsp3) is 0.754. The molecule has 0 bridgehead atoms. The van der Waals surface area contributed by atoms with Crippen LogP contribution < -0.4 is 0 Å². The topological polar surface area (TPSA) is 99.1 Å². The summed E-state index contributed by atoms with van der Waals surface area (Å²) < 4.78 is 17.4. The Kier molecular flexibility index (Phi) is 48.7. The number of esters is 2. The maximum atomic E-state index is 12.8. The van der Waals surface area contributed by atoms with Gasteiger partial charge in [0.2, 0.25) is 0 Å². The molecule has 0 aromatic heterocycles. The van der Waals surface area contributed by atoms with Gasteiger partial charge in [0.05, 0.1) is 34.4 Å². The number of carboxylic acids is 1. The molecule has 0 rings (SSSR count). The van der Waals surface area contributed by atoms with E-state index in [0.29, 0.717) is 19.3 Å². The molecule has 8 heteroatoms. The van der Waals surface area contributed by atoms with Gasteiger partial charge in [-0.3, -0.25) is 9.59 Å². The van der Waals surface area contributed by atoms with Crippen molar-refractivity contribution in [2.75, 3.05) is 41.0 Å². The maximum absolute atomic E-state index is 12.8. The van der Waals surface area contributed by atoms with Crippen LogP contribution in [0.25, 0.3) is 0 Å². The number of ether oxygens (including phenoxy) is 3. The Morgan fingerprint density at radius 2 is 0.812 bits per heavy atom. The highest BCUT2D eigenvalue weighted by atomic mass is 16.6. The van der Waals surface area contributed by atoms with E-state index in [4.69, 9.17) is 14.2 Å². The van der Waals surface area contributed by atoms with Crippen molar-refractivity contribution in [1.29, 1.82) is 0 Å². The number of hydrogen-bond acceptors (Lipinski definition) is 6. The summed E-state index contributed by atoms with van der Waals surface area (Å²) >= 11 is 0. The van der Waals surface area contributed by atoms with E-state index >= 15 is 0 Å². The van der Waals surface area contributed by atoms with E-state index in [0.717, 1.165) is 70.6 Å². The lowest BCUT2D eigenvalue weighted by atomic mass is 10.0. The third-order valence-corrected chi connectivity index (χ3v) is 12.6. The molecule has 0 aromatic rings. The fourth-order valence-electron chi connectivity index (χ4n) is 8.23. The third-order valence-electron chi connectivity index (χ3n) is 12.6. The molecule has 0 saturated carbocycles. The minimum absolute atomic E-state index is 0.0556. The molecule has 0 radical (unpaired) electrons. The van der Waals surface area contributed by atoms with Crippen LogP contribution in [0.3, 0.4) is 0 Å². The molecule has 398 valence electrons. The zero-order chi connectivity index (χ0) is 50.6. The standard InChI is InChI=1S/C61H107NO7/c1-6-8-10-12-14-16-18-20-22-24-26-28-30-32-34-36-38-40-42-44-46-48-50-52-60(64)69-57(55-67-54-53-58(61(65)66)62(3,4)5)56-68-59(63)51-49-47-45-43-41-39-37-35-33-31-29-27-25-23-21-19-17-15-13-11-9-7-2/h8,10,14-17,20-23,27,29,57-58H,6-7,9,11-13,18-19,24-26,28,30-56H2,1-5H3/p+1/b10-8+,16-14+,17-15+,22-20+,23-21+,29-27+. The van der Waals surface area contributed by atoms with Crippen molar-refractivity contribution in [1.82, 2.24) is 0 Å². The molecular formula is C61H108NO7+. The summed E-state index contributed by atoms with van der Waals surface area (Å²) in [6.07, 6.45) is 66.7. The van der Waals surface area contributed by atoms with E-state index in [1.54, 1.807) is 0 Å². The number of quaternary nitrogens is 1. The lowest BCUT2D eigenvalue weighted by Gasteiger charge is -2.31. The van der Waals surface area contributed by atoms with Crippen molar-refractivity contribution in [2.24, 2.45) is 0 Å². The molecule has 0 saturated heterocycles. The summed E-state index contributed by atoms with van der Waals surface area (Å²) in [4.78, 5) is 37.3. The van der Waals surface area contributed by atoms with Crippen LogP contribution in [0.5, 0.6) is 0 Å². The van der Waals surface area contributed by atoms with E-state index in [1.165, 1.54) is 141 Å². The molecule has 2 unspecified atom stereocenters. The van der Waals surface area contributed by atoms with Crippen molar-refractivity contribution in [2.45, 2.75) is 257 Å². The van der Waals surface area contributed by atoms with Crippen molar-refractivity contribution < 1.29 is 38.2 Å². The highest BCUT2D eigenvalue weighted by Crippen LogP contribution is 2.16. The summed E-state index contributed by atoms with van der Waals surface area (Å²) in [6.45, 7) is 4.62. The van der Waals surface area contributed by atoms with Crippen molar-refractivity contribution in [3.63, 3.8) is 0 Å². The van der Waals surface area contributed by atoms with Gasteiger partial charge >= 0.3 is 17.9 Å². The normalized spacial score (nSPS) is 13.3. The number of carboxylic acid groups (broad SMARTS) is 1. The quantitative estimate of drug-likeness (QED) is 0.0281. The van der Waals surface area contributed by atoms with Crippen molar-refractivity contribution >= 4 is 17.9 Å². The van der Waals surface area contributed by atoms with Gasteiger partial charge in [0.1, 0.15) is 6.61 Å². The minimum atomic E-state index is -0.875. The van der Waals surface area contributed by atoms with Gasteiger partial charge in [-0.2, -0.15) is 0 Å². The van der Waals surface area contributed by atoms with Crippen LogP contribution in [0.2, 0.25) is 0 Å². The first kappa shape index (κ1) is 65.8. The highest BCUT2D eigenvalue weighted by Gasteiger charge is 2.31. The number of nitrogens with zero attached hydrogens (tertiary/aromatic N) is 1. The van der Waals surface area contributed by atoms with E-state index in [9.17, 15) is 19.5 Å². The molecule has 0 fully saturated rings. The van der Waals surface area contributed by atoms with Crippen LogP contribution in [0.4, 0.5) is 0 Å². The predicted octanol–water partition coefficient (Wildman–Crippen LogP) is 17.0. The molecule has 0 heterocycles. The molecule has 0 aliphatic carbocycles. The van der Waals surface area contributed by atoms with Gasteiger partial charge in [-0.1, -0.05) is 215 Å². The van der Waals surface area contributed by atoms with E-state index in [2.05, 4.69) is 86.8 Å². The van der Waals surface area contributed by atoms with Crippen molar-refractivity contribution in [3.8, 4) is 0 Å². The second kappa shape index (κ2) is 51.1. The molecule has 0 amide bonds. The van der Waals surface area contributed by atoms with Crippen molar-refractivity contribution in [3.05, 3.63) is 72.9 Å². The summed E-state index contributed by atoms with van der Waals surface area (Å²) in [5.41, 5.74) is 0. The molecule has 69 heavy (non-hydrogen) atoms. The number of allylic oxidation sites excluding steroid dienone is 12. The van der Waals surface area contributed by atoms with Gasteiger partial charge in [-0.05, 0) is 83.5 Å². The molecule has 0 aromatic carbocycles. The van der Waals surface area contributed by atoms with Crippen LogP contribution in [0.15, 0.2) is 72.9 Å². The van der Waals surface area contributed by atoms with E-state index in [1.807, 2.05) is 21.1 Å². The van der Waals surface area contributed by atoms with Gasteiger partial charge in [0.25, 0.3) is 0 Å². The SMILES string of the molecule is CC/C=C/C/C=C/C/C=C/CCCCCCCCCCCCCCCC(=O)OC(COCCC(C(=O)O)[N+](C)(C)C)COC(=O)CCCCCCCCCCC/C=C/C/C=C/C/C=C/CCCCC. The number of carbonyl (C=O) groups is 3. The molecule has 0 spiro atoms. The Morgan fingerprint density at radius 1 is 0.449 bits per heavy atom. The highest BCUT2D eigenvalue weighted by molar-refractivity contribution is 5.72. The average molecular weight is 968 g/mol. The largest absolute Gasteiger partial charge is 0.477 e. The maximum Gasteiger partial charge on any atom is 0.362 e. The van der Waals surface area contributed by atoms with Gasteiger partial charge < -0.3 is 23.8 Å². The first-order valence-electron chi connectivity index (χ1n) is 28.5. The molecule has 0 aliphatic rings. The summed E-state index contributed by atoms with van der Waals surface area (Å²) in [7, 11) is 5.54. The van der Waals surface area contributed by atoms with Crippen LogP contribution in [0, 0.1) is 0 Å². The first-order valence-corrected chi connectivity index (χ1v) is 28.5. The van der Waals surface area contributed by atoms with Gasteiger partial charge in [0, 0.05) is 19.3 Å². The number of unbranched alkanes of at least 4 members (excludes halogenated alkanes) is 25. The molecule has 0 aliphatic heterocycles. The third kappa shape index (κ3) is 49.5. The average Bonchev–Trinajstić information content (AvgIpc) is 3.31. The Balaban J connectivity index is 4.18. The zero-order valence-corrected chi connectivity index (χ0v) is 45.5. The molecule has 2 atom stereocenters. The zero-order valence-electron chi connectivity index (χ0n) is 45.5. The Hall–Kier alpha value is -3.23.